The molecular weight excluding hydrogens is 242 g/mol. The van der Waals surface area contributed by atoms with Gasteiger partial charge < -0.3 is 14.7 Å². The highest BCUT2D eigenvalue weighted by Crippen LogP contribution is 2.25. The van der Waals surface area contributed by atoms with E-state index in [4.69, 9.17) is 4.74 Å². The van der Waals surface area contributed by atoms with Gasteiger partial charge in [0.2, 0.25) is 0 Å². The van der Waals surface area contributed by atoms with Crippen LogP contribution in [0.3, 0.4) is 0 Å². The Balaban J connectivity index is 2.04. The second kappa shape index (κ2) is 4.83. The molecule has 5 heteroatoms. The van der Waals surface area contributed by atoms with Crippen LogP contribution in [-0.2, 0) is 11.3 Å². The van der Waals surface area contributed by atoms with E-state index in [1.54, 1.807) is 0 Å². The Kier molecular flexibility index (Phi) is 3.16. The van der Waals surface area contributed by atoms with Crippen molar-refractivity contribution in [2.75, 3.05) is 18.0 Å². The summed E-state index contributed by atoms with van der Waals surface area (Å²) in [7, 11) is 0. The van der Waals surface area contributed by atoms with Crippen LogP contribution in [0.1, 0.15) is 19.5 Å². The van der Waals surface area contributed by atoms with E-state index in [1.165, 1.54) is 0 Å². The molecule has 1 N–H and O–H groups in total. The van der Waals surface area contributed by atoms with Gasteiger partial charge in [-0.1, -0.05) is 6.07 Å². The van der Waals surface area contributed by atoms with Crippen LogP contribution in [0.4, 0.5) is 5.82 Å². The maximum Gasteiger partial charge on any atom is 0.153 e. The topological polar surface area (TPSA) is 50.0 Å². The van der Waals surface area contributed by atoms with E-state index in [2.05, 4.69) is 23.7 Å². The molecule has 19 heavy (non-hydrogen) atoms. The summed E-state index contributed by atoms with van der Waals surface area (Å²) in [4.78, 5) is 6.86. The fourth-order valence-corrected chi connectivity index (χ4v) is 2.79. The van der Waals surface area contributed by atoms with Crippen LogP contribution in [-0.4, -0.2) is 39.8 Å². The number of hydrogen-bond donors (Lipinski definition) is 1. The molecule has 0 bridgehead atoms. The highest BCUT2D eigenvalue weighted by Gasteiger charge is 2.26. The summed E-state index contributed by atoms with van der Waals surface area (Å²) >= 11 is 0. The van der Waals surface area contributed by atoms with Crippen molar-refractivity contribution in [3.8, 4) is 0 Å². The largest absolute Gasteiger partial charge is 0.390 e. The molecule has 0 unspecified atom stereocenters. The van der Waals surface area contributed by atoms with Gasteiger partial charge >= 0.3 is 0 Å². The maximum atomic E-state index is 9.65. The SMILES string of the molecule is C[C@@H]1CN(c2nc3ccccn3c2CO)C[C@H](C)O1. The van der Waals surface area contributed by atoms with E-state index in [0.29, 0.717) is 0 Å². The molecule has 0 saturated carbocycles. The third-order valence-electron chi connectivity index (χ3n) is 3.48. The first kappa shape index (κ1) is 12.4. The van der Waals surface area contributed by atoms with Gasteiger partial charge in [-0.3, -0.25) is 4.40 Å². The van der Waals surface area contributed by atoms with Crippen molar-refractivity contribution < 1.29 is 9.84 Å². The molecule has 5 nitrogen and oxygen atoms in total. The Labute approximate surface area is 112 Å². The van der Waals surface area contributed by atoms with Crippen molar-refractivity contribution in [2.45, 2.75) is 32.7 Å². The van der Waals surface area contributed by atoms with E-state index >= 15 is 0 Å². The zero-order valence-electron chi connectivity index (χ0n) is 11.3. The lowest BCUT2D eigenvalue weighted by molar-refractivity contribution is -0.00554. The van der Waals surface area contributed by atoms with Crippen molar-refractivity contribution in [3.63, 3.8) is 0 Å². The molecule has 0 radical (unpaired) electrons. The number of rotatable bonds is 2. The van der Waals surface area contributed by atoms with Crippen molar-refractivity contribution in [2.24, 2.45) is 0 Å². The number of ether oxygens (including phenoxy) is 1. The van der Waals surface area contributed by atoms with Gasteiger partial charge in [0.1, 0.15) is 5.65 Å². The first-order valence-corrected chi connectivity index (χ1v) is 6.66. The predicted molar refractivity (Wildman–Crippen MR) is 73.3 cm³/mol. The Hall–Kier alpha value is -1.59. The lowest BCUT2D eigenvalue weighted by atomic mass is 10.2. The molecule has 1 fully saturated rings. The fraction of sp³-hybridized carbons (Fsp3) is 0.500. The molecule has 1 saturated heterocycles. The number of fused-ring (bicyclic) bond motifs is 1. The minimum absolute atomic E-state index is 0.0133. The van der Waals surface area contributed by atoms with Gasteiger partial charge in [0.15, 0.2) is 5.82 Å². The Morgan fingerprint density at radius 1 is 1.32 bits per heavy atom. The number of aliphatic hydroxyl groups excluding tert-OH is 1. The summed E-state index contributed by atoms with van der Waals surface area (Å²) < 4.78 is 7.69. The van der Waals surface area contributed by atoms with E-state index < -0.39 is 0 Å². The molecule has 2 atom stereocenters. The van der Waals surface area contributed by atoms with Crippen molar-refractivity contribution in [3.05, 3.63) is 30.1 Å². The van der Waals surface area contributed by atoms with Gasteiger partial charge in [-0.05, 0) is 26.0 Å². The molecule has 2 aromatic rings. The minimum Gasteiger partial charge on any atom is -0.390 e. The molecule has 0 amide bonds. The summed E-state index contributed by atoms with van der Waals surface area (Å²) in [6, 6.07) is 5.86. The van der Waals surface area contributed by atoms with Gasteiger partial charge in [-0.15, -0.1) is 0 Å². The monoisotopic (exact) mass is 261 g/mol. The second-order valence-electron chi connectivity index (χ2n) is 5.13. The predicted octanol–water partition coefficient (Wildman–Crippen LogP) is 1.44. The number of aliphatic hydroxyl groups is 1. The Morgan fingerprint density at radius 2 is 2.05 bits per heavy atom. The summed E-state index contributed by atoms with van der Waals surface area (Å²) in [6.07, 6.45) is 2.30. The van der Waals surface area contributed by atoms with Gasteiger partial charge in [-0.2, -0.15) is 0 Å². The van der Waals surface area contributed by atoms with Crippen LogP contribution in [0.25, 0.3) is 5.65 Å². The van der Waals surface area contributed by atoms with Crippen molar-refractivity contribution in [1.29, 1.82) is 0 Å². The first-order chi connectivity index (χ1) is 9.19. The number of pyridine rings is 1. The fourth-order valence-electron chi connectivity index (χ4n) is 2.79. The Morgan fingerprint density at radius 3 is 2.74 bits per heavy atom. The molecule has 102 valence electrons. The number of anilines is 1. The number of hydrogen-bond acceptors (Lipinski definition) is 4. The quantitative estimate of drug-likeness (QED) is 0.888. The van der Waals surface area contributed by atoms with Gasteiger partial charge in [0.05, 0.1) is 24.5 Å². The van der Waals surface area contributed by atoms with E-state index in [0.717, 1.165) is 30.2 Å². The van der Waals surface area contributed by atoms with E-state index in [1.807, 2.05) is 28.8 Å². The third kappa shape index (κ3) is 2.19. The van der Waals surface area contributed by atoms with Crippen LogP contribution in [0.15, 0.2) is 24.4 Å². The summed E-state index contributed by atoms with van der Waals surface area (Å²) in [5.41, 5.74) is 1.71. The lowest BCUT2D eigenvalue weighted by Crippen LogP contribution is -2.46. The summed E-state index contributed by atoms with van der Waals surface area (Å²) in [6.45, 7) is 5.73. The van der Waals surface area contributed by atoms with E-state index in [-0.39, 0.29) is 18.8 Å². The normalized spacial score (nSPS) is 24.1. The average molecular weight is 261 g/mol. The van der Waals surface area contributed by atoms with Gasteiger partial charge in [-0.25, -0.2) is 4.98 Å². The zero-order chi connectivity index (χ0) is 13.4. The minimum atomic E-state index is -0.0133. The van der Waals surface area contributed by atoms with Crippen LogP contribution < -0.4 is 4.90 Å². The summed E-state index contributed by atoms with van der Waals surface area (Å²) in [5.74, 6) is 0.871. The standard InChI is InChI=1S/C14H19N3O2/c1-10-7-16(8-11(2)19-10)14-12(9-18)17-6-4-3-5-13(17)15-14/h3-6,10-11,18H,7-9H2,1-2H3/t10-,11+. The molecular formula is C14H19N3O2. The van der Waals surface area contributed by atoms with E-state index in [9.17, 15) is 5.11 Å². The number of imidazole rings is 1. The van der Waals surface area contributed by atoms with Crippen LogP contribution in [0.2, 0.25) is 0 Å². The lowest BCUT2D eigenvalue weighted by Gasteiger charge is -2.35. The molecule has 0 aliphatic carbocycles. The first-order valence-electron chi connectivity index (χ1n) is 6.66. The highest BCUT2D eigenvalue weighted by molar-refractivity contribution is 5.56. The Bertz CT molecular complexity index is 571. The smallest absolute Gasteiger partial charge is 0.153 e. The number of aromatic nitrogens is 2. The molecule has 3 rings (SSSR count). The number of nitrogens with zero attached hydrogens (tertiary/aromatic N) is 3. The average Bonchev–Trinajstić information content (AvgIpc) is 2.76. The zero-order valence-corrected chi connectivity index (χ0v) is 11.3. The van der Waals surface area contributed by atoms with Crippen LogP contribution >= 0.6 is 0 Å². The van der Waals surface area contributed by atoms with Crippen LogP contribution in [0, 0.1) is 0 Å². The third-order valence-corrected chi connectivity index (χ3v) is 3.48. The molecule has 2 aromatic heterocycles. The molecule has 1 aliphatic heterocycles. The second-order valence-corrected chi connectivity index (χ2v) is 5.13. The van der Waals surface area contributed by atoms with Crippen LogP contribution in [0.5, 0.6) is 0 Å². The molecule has 1 aliphatic rings. The number of morpholine rings is 1. The maximum absolute atomic E-state index is 9.65. The van der Waals surface area contributed by atoms with Gasteiger partial charge in [0, 0.05) is 19.3 Å². The van der Waals surface area contributed by atoms with Crippen molar-refractivity contribution >= 4 is 11.5 Å². The molecule has 3 heterocycles. The molecule has 0 aromatic carbocycles. The molecule has 0 spiro atoms. The highest BCUT2D eigenvalue weighted by atomic mass is 16.5. The van der Waals surface area contributed by atoms with Gasteiger partial charge in [0.25, 0.3) is 0 Å². The van der Waals surface area contributed by atoms with Crippen molar-refractivity contribution in [1.82, 2.24) is 9.38 Å². The summed E-state index contributed by atoms with van der Waals surface area (Å²) in [5, 5.41) is 9.65.